The first-order valence-corrected chi connectivity index (χ1v) is 10.1. The van der Waals surface area contributed by atoms with Crippen molar-refractivity contribution in [3.63, 3.8) is 0 Å². The number of nitrogens with one attached hydrogen (secondary N) is 1. The monoisotopic (exact) mass is 401 g/mol. The molecule has 0 bridgehead atoms. The number of amides is 4. The summed E-state index contributed by atoms with van der Waals surface area (Å²) in [6, 6.07) is 6.62. The first kappa shape index (κ1) is 21.1. The predicted octanol–water partition coefficient (Wildman–Crippen LogP) is 2.89. The van der Waals surface area contributed by atoms with Gasteiger partial charge in [-0.1, -0.05) is 32.9 Å². The summed E-state index contributed by atoms with van der Waals surface area (Å²) in [5, 5.41) is 2.76. The van der Waals surface area contributed by atoms with Crippen LogP contribution in [0.15, 0.2) is 24.3 Å². The summed E-state index contributed by atoms with van der Waals surface area (Å²) in [6.07, 6.45) is 2.82. The second-order valence-electron chi connectivity index (χ2n) is 9.32. The van der Waals surface area contributed by atoms with Crippen molar-refractivity contribution in [1.29, 1.82) is 0 Å². The lowest BCUT2D eigenvalue weighted by Crippen LogP contribution is -2.46. The predicted molar refractivity (Wildman–Crippen MR) is 109 cm³/mol. The number of hydrogen-bond acceptors (Lipinski definition) is 4. The first-order chi connectivity index (χ1) is 13.5. The standard InChI is InChI=1S/C22H31N3O4/c1-21(2,3)13-16-7-6-12-24(16)18(26)14-25-19(27)22(4,23-20(25)28)15-8-10-17(29-5)11-9-15/h8-11,16H,6-7,12-14H2,1-5H3,(H,23,28). The number of benzene rings is 1. The van der Waals surface area contributed by atoms with Gasteiger partial charge in [0.05, 0.1) is 7.11 Å². The Hall–Kier alpha value is -2.57. The molecule has 2 aliphatic rings. The normalized spacial score (nSPS) is 24.8. The zero-order valence-corrected chi connectivity index (χ0v) is 17.9. The van der Waals surface area contributed by atoms with Crippen molar-refractivity contribution in [1.82, 2.24) is 15.1 Å². The van der Waals surface area contributed by atoms with Crippen LogP contribution in [0.3, 0.4) is 0 Å². The number of methoxy groups -OCH3 is 1. The van der Waals surface area contributed by atoms with Crippen molar-refractivity contribution in [3.05, 3.63) is 29.8 Å². The summed E-state index contributed by atoms with van der Waals surface area (Å²) in [5.74, 6) is 0.0897. The zero-order valence-electron chi connectivity index (χ0n) is 17.9. The average molecular weight is 402 g/mol. The molecule has 0 radical (unpaired) electrons. The third kappa shape index (κ3) is 4.23. The molecule has 0 aromatic heterocycles. The van der Waals surface area contributed by atoms with Gasteiger partial charge in [-0.25, -0.2) is 4.79 Å². The van der Waals surface area contributed by atoms with Crippen LogP contribution in [0.25, 0.3) is 0 Å². The molecular formula is C22H31N3O4. The Morgan fingerprint density at radius 2 is 1.90 bits per heavy atom. The molecule has 2 aliphatic heterocycles. The molecule has 2 saturated heterocycles. The molecule has 2 fully saturated rings. The lowest BCUT2D eigenvalue weighted by atomic mass is 9.87. The van der Waals surface area contributed by atoms with E-state index in [1.807, 2.05) is 4.90 Å². The third-order valence-corrected chi connectivity index (χ3v) is 5.78. The number of hydrogen-bond donors (Lipinski definition) is 1. The zero-order chi connectivity index (χ0) is 21.4. The summed E-state index contributed by atoms with van der Waals surface area (Å²) in [5.41, 5.74) is -0.431. The van der Waals surface area contributed by atoms with Crippen LogP contribution in [0, 0.1) is 5.41 Å². The van der Waals surface area contributed by atoms with Crippen LogP contribution in [0.5, 0.6) is 5.75 Å². The van der Waals surface area contributed by atoms with Crippen molar-refractivity contribution in [3.8, 4) is 5.75 Å². The van der Waals surface area contributed by atoms with Gasteiger partial charge >= 0.3 is 6.03 Å². The largest absolute Gasteiger partial charge is 0.497 e. The molecule has 0 spiro atoms. The van der Waals surface area contributed by atoms with E-state index in [0.29, 0.717) is 17.9 Å². The minimum atomic E-state index is -1.19. The average Bonchev–Trinajstić information content (AvgIpc) is 3.19. The molecule has 0 saturated carbocycles. The highest BCUT2D eigenvalue weighted by atomic mass is 16.5. The van der Waals surface area contributed by atoms with Crippen LogP contribution in [-0.2, 0) is 15.1 Å². The number of nitrogens with zero attached hydrogens (tertiary/aromatic N) is 2. The fraction of sp³-hybridized carbons (Fsp3) is 0.591. The van der Waals surface area contributed by atoms with Crippen molar-refractivity contribution >= 4 is 17.8 Å². The Morgan fingerprint density at radius 1 is 1.24 bits per heavy atom. The van der Waals surface area contributed by atoms with Crippen LogP contribution in [0.1, 0.15) is 52.5 Å². The van der Waals surface area contributed by atoms with Crippen molar-refractivity contribution < 1.29 is 19.1 Å². The topological polar surface area (TPSA) is 79.0 Å². The molecule has 3 rings (SSSR count). The minimum absolute atomic E-state index is 0.112. The SMILES string of the molecule is COc1ccc(C2(C)NC(=O)N(CC(=O)N3CCCC3CC(C)(C)C)C2=O)cc1. The second kappa shape index (κ2) is 7.69. The maximum absolute atomic E-state index is 13.1. The van der Waals surface area contributed by atoms with Gasteiger partial charge in [-0.15, -0.1) is 0 Å². The molecule has 2 heterocycles. The van der Waals surface area contributed by atoms with Gasteiger partial charge in [0.15, 0.2) is 0 Å². The van der Waals surface area contributed by atoms with E-state index in [-0.39, 0.29) is 23.9 Å². The summed E-state index contributed by atoms with van der Waals surface area (Å²) in [6.45, 7) is 8.59. The number of urea groups is 1. The molecule has 2 atom stereocenters. The Kier molecular flexibility index (Phi) is 5.61. The number of rotatable bonds is 5. The van der Waals surface area contributed by atoms with Gasteiger partial charge in [0.2, 0.25) is 5.91 Å². The van der Waals surface area contributed by atoms with Crippen LogP contribution >= 0.6 is 0 Å². The van der Waals surface area contributed by atoms with Crippen LogP contribution in [-0.4, -0.2) is 53.9 Å². The second-order valence-corrected chi connectivity index (χ2v) is 9.32. The molecule has 1 aromatic carbocycles. The molecule has 1 aromatic rings. The number of ether oxygens (including phenoxy) is 1. The smallest absolute Gasteiger partial charge is 0.325 e. The summed E-state index contributed by atoms with van der Waals surface area (Å²) < 4.78 is 5.16. The summed E-state index contributed by atoms with van der Waals surface area (Å²) in [4.78, 5) is 41.5. The van der Waals surface area contributed by atoms with Crippen LogP contribution in [0.2, 0.25) is 0 Å². The first-order valence-electron chi connectivity index (χ1n) is 10.1. The van der Waals surface area contributed by atoms with Gasteiger partial charge in [0, 0.05) is 12.6 Å². The Morgan fingerprint density at radius 3 is 2.48 bits per heavy atom. The van der Waals surface area contributed by atoms with Crippen LogP contribution in [0.4, 0.5) is 4.79 Å². The van der Waals surface area contributed by atoms with Crippen molar-refractivity contribution in [2.75, 3.05) is 20.2 Å². The van der Waals surface area contributed by atoms with Crippen molar-refractivity contribution in [2.24, 2.45) is 5.41 Å². The van der Waals surface area contributed by atoms with E-state index in [9.17, 15) is 14.4 Å². The Balaban J connectivity index is 1.73. The molecule has 1 N–H and O–H groups in total. The van der Waals surface area contributed by atoms with E-state index in [2.05, 4.69) is 26.1 Å². The van der Waals surface area contributed by atoms with E-state index < -0.39 is 17.5 Å². The van der Waals surface area contributed by atoms with Crippen LogP contribution < -0.4 is 10.1 Å². The van der Waals surface area contributed by atoms with Gasteiger partial charge in [-0.3, -0.25) is 14.5 Å². The lowest BCUT2D eigenvalue weighted by Gasteiger charge is -2.31. The maximum Gasteiger partial charge on any atom is 0.325 e. The van der Waals surface area contributed by atoms with Crippen molar-refractivity contribution in [2.45, 2.75) is 58.5 Å². The fourth-order valence-corrected chi connectivity index (χ4v) is 4.27. The van der Waals surface area contributed by atoms with E-state index in [4.69, 9.17) is 4.74 Å². The fourth-order valence-electron chi connectivity index (χ4n) is 4.27. The highest BCUT2D eigenvalue weighted by Gasteiger charge is 2.50. The van der Waals surface area contributed by atoms with E-state index >= 15 is 0 Å². The molecule has 29 heavy (non-hydrogen) atoms. The number of likely N-dealkylation sites (tertiary alicyclic amines) is 1. The van der Waals surface area contributed by atoms with Gasteiger partial charge in [-0.05, 0) is 49.3 Å². The van der Waals surface area contributed by atoms with Gasteiger partial charge in [0.25, 0.3) is 5.91 Å². The molecular weight excluding hydrogens is 370 g/mol. The lowest BCUT2D eigenvalue weighted by molar-refractivity contribution is -0.139. The number of carbonyl (C=O) groups excluding carboxylic acids is 3. The molecule has 4 amide bonds. The number of carbonyl (C=O) groups is 3. The Labute approximate surface area is 172 Å². The van der Waals surface area contributed by atoms with E-state index in [0.717, 1.165) is 24.2 Å². The maximum atomic E-state index is 13.1. The molecule has 0 aliphatic carbocycles. The van der Waals surface area contributed by atoms with Gasteiger partial charge in [0.1, 0.15) is 17.8 Å². The molecule has 7 heteroatoms. The molecule has 158 valence electrons. The number of imide groups is 1. The van der Waals surface area contributed by atoms with E-state index in [1.54, 1.807) is 38.3 Å². The Bertz CT molecular complexity index is 799. The van der Waals surface area contributed by atoms with Gasteiger partial charge < -0.3 is 15.0 Å². The van der Waals surface area contributed by atoms with Gasteiger partial charge in [-0.2, -0.15) is 0 Å². The molecule has 7 nitrogen and oxygen atoms in total. The summed E-state index contributed by atoms with van der Waals surface area (Å²) >= 11 is 0. The quantitative estimate of drug-likeness (QED) is 0.770. The van der Waals surface area contributed by atoms with E-state index in [1.165, 1.54) is 0 Å². The molecule has 2 unspecified atom stereocenters. The third-order valence-electron chi connectivity index (χ3n) is 5.78. The highest BCUT2D eigenvalue weighted by molar-refractivity contribution is 6.09. The summed E-state index contributed by atoms with van der Waals surface area (Å²) in [7, 11) is 1.57. The highest BCUT2D eigenvalue weighted by Crippen LogP contribution is 2.32. The minimum Gasteiger partial charge on any atom is -0.497 e.